The largest absolute Gasteiger partial charge is 0.466 e. The van der Waals surface area contributed by atoms with Crippen LogP contribution in [0.2, 0.25) is 0 Å². The van der Waals surface area contributed by atoms with Gasteiger partial charge in [-0.2, -0.15) is 0 Å². The fourth-order valence-corrected chi connectivity index (χ4v) is 3.50. The number of esters is 3. The van der Waals surface area contributed by atoms with Crippen LogP contribution in [-0.2, 0) is 28.5 Å². The Labute approximate surface area is 165 Å². The van der Waals surface area contributed by atoms with E-state index in [0.717, 1.165) is 0 Å². The third-order valence-electron chi connectivity index (χ3n) is 3.87. The van der Waals surface area contributed by atoms with Gasteiger partial charge >= 0.3 is 17.9 Å². The van der Waals surface area contributed by atoms with E-state index in [0.29, 0.717) is 21.3 Å². The highest BCUT2D eigenvalue weighted by atomic mass is 79.9. The van der Waals surface area contributed by atoms with Gasteiger partial charge in [-0.05, 0) is 47.5 Å². The van der Waals surface area contributed by atoms with Gasteiger partial charge in [0.1, 0.15) is 12.4 Å². The first-order valence-electron chi connectivity index (χ1n) is 8.08. The predicted octanol–water partition coefficient (Wildman–Crippen LogP) is 2.33. The molecule has 0 saturated carbocycles. The van der Waals surface area contributed by atoms with E-state index < -0.39 is 17.9 Å². The maximum Gasteiger partial charge on any atom is 0.355 e. The van der Waals surface area contributed by atoms with Gasteiger partial charge in [0.25, 0.3) is 0 Å². The molecule has 0 saturated heterocycles. The van der Waals surface area contributed by atoms with Crippen molar-refractivity contribution in [3.05, 3.63) is 39.0 Å². The number of hydrogen-bond donors (Lipinski definition) is 0. The molecule has 1 aromatic rings. The highest BCUT2D eigenvalue weighted by molar-refractivity contribution is 9.10. The Morgan fingerprint density at radius 1 is 1.15 bits per heavy atom. The number of halogens is 1. The van der Waals surface area contributed by atoms with Gasteiger partial charge in [0.05, 0.1) is 44.3 Å². The van der Waals surface area contributed by atoms with Gasteiger partial charge in [0.15, 0.2) is 0 Å². The van der Waals surface area contributed by atoms with E-state index in [1.807, 2.05) is 0 Å². The molecule has 27 heavy (non-hydrogen) atoms. The van der Waals surface area contributed by atoms with E-state index in [4.69, 9.17) is 18.9 Å². The van der Waals surface area contributed by atoms with Crippen LogP contribution in [0.4, 0.5) is 5.69 Å². The van der Waals surface area contributed by atoms with Gasteiger partial charge in [-0.25, -0.2) is 14.4 Å². The van der Waals surface area contributed by atoms with Crippen molar-refractivity contribution in [3.63, 3.8) is 0 Å². The summed E-state index contributed by atoms with van der Waals surface area (Å²) in [6.07, 6.45) is 0. The van der Waals surface area contributed by atoms with Gasteiger partial charge in [0.2, 0.25) is 0 Å². The standard InChI is InChI=1S/C18H20BrNO7/c1-5-27-16(21)11-6-10(2)14(13(19)7-11)20-9-26-8-12(17(22)24-3)15(20)18(23)25-4/h6-7H,5,8-9H2,1-4H3. The fraction of sp³-hybridized carbons (Fsp3) is 0.389. The number of benzene rings is 1. The summed E-state index contributed by atoms with van der Waals surface area (Å²) < 4.78 is 20.6. The molecule has 0 spiro atoms. The fourth-order valence-electron chi connectivity index (χ4n) is 2.73. The number of aryl methyl sites for hydroxylation is 1. The van der Waals surface area contributed by atoms with E-state index in [2.05, 4.69) is 15.9 Å². The Kier molecular flexibility index (Phi) is 6.98. The third-order valence-corrected chi connectivity index (χ3v) is 4.47. The molecule has 8 nitrogen and oxygen atoms in total. The third kappa shape index (κ3) is 4.30. The van der Waals surface area contributed by atoms with Crippen molar-refractivity contribution in [3.8, 4) is 0 Å². The SMILES string of the molecule is CCOC(=O)c1cc(C)c(N2COCC(C(=O)OC)=C2C(=O)OC)c(Br)c1. The molecule has 0 fully saturated rings. The lowest BCUT2D eigenvalue weighted by molar-refractivity contribution is -0.140. The molecule has 1 heterocycles. The Balaban J connectivity index is 2.59. The van der Waals surface area contributed by atoms with Crippen molar-refractivity contribution in [1.82, 2.24) is 0 Å². The summed E-state index contributed by atoms with van der Waals surface area (Å²) >= 11 is 3.43. The summed E-state index contributed by atoms with van der Waals surface area (Å²) in [6, 6.07) is 3.22. The average molecular weight is 442 g/mol. The Hall–Kier alpha value is -2.39. The van der Waals surface area contributed by atoms with Crippen LogP contribution >= 0.6 is 15.9 Å². The quantitative estimate of drug-likeness (QED) is 0.507. The molecule has 1 aliphatic heterocycles. The van der Waals surface area contributed by atoms with Crippen LogP contribution < -0.4 is 4.90 Å². The molecule has 1 aromatic carbocycles. The zero-order valence-corrected chi connectivity index (χ0v) is 17.0. The van der Waals surface area contributed by atoms with Gasteiger partial charge in [-0.1, -0.05) is 0 Å². The first-order valence-corrected chi connectivity index (χ1v) is 8.87. The Morgan fingerprint density at radius 2 is 1.81 bits per heavy atom. The van der Waals surface area contributed by atoms with Crippen molar-refractivity contribution in [1.29, 1.82) is 0 Å². The minimum Gasteiger partial charge on any atom is -0.466 e. The first-order chi connectivity index (χ1) is 12.8. The smallest absolute Gasteiger partial charge is 0.355 e. The van der Waals surface area contributed by atoms with Crippen molar-refractivity contribution >= 4 is 39.5 Å². The van der Waals surface area contributed by atoms with Crippen molar-refractivity contribution in [2.24, 2.45) is 0 Å². The summed E-state index contributed by atoms with van der Waals surface area (Å²) in [5.74, 6) is -1.83. The summed E-state index contributed by atoms with van der Waals surface area (Å²) in [6.45, 7) is 3.69. The monoisotopic (exact) mass is 441 g/mol. The van der Waals surface area contributed by atoms with Crippen LogP contribution in [0.3, 0.4) is 0 Å². The van der Waals surface area contributed by atoms with Crippen LogP contribution in [-0.4, -0.2) is 52.1 Å². The molecule has 2 rings (SSSR count). The second-order valence-corrected chi connectivity index (χ2v) is 6.41. The number of anilines is 1. The zero-order chi connectivity index (χ0) is 20.1. The number of hydrogen-bond acceptors (Lipinski definition) is 8. The average Bonchev–Trinajstić information content (AvgIpc) is 2.66. The second kappa shape index (κ2) is 9.01. The summed E-state index contributed by atoms with van der Waals surface area (Å²) in [4.78, 5) is 38.0. The molecule has 0 radical (unpaired) electrons. The maximum absolute atomic E-state index is 12.4. The lowest BCUT2D eigenvalue weighted by atomic mass is 10.1. The number of nitrogens with zero attached hydrogens (tertiary/aromatic N) is 1. The molecule has 9 heteroatoms. The number of carbonyl (C=O) groups is 3. The Bertz CT molecular complexity index is 780. The number of methoxy groups -OCH3 is 2. The number of rotatable bonds is 5. The molecule has 0 aliphatic carbocycles. The topological polar surface area (TPSA) is 91.4 Å². The van der Waals surface area contributed by atoms with Crippen LogP contribution in [0, 0.1) is 6.92 Å². The predicted molar refractivity (Wildman–Crippen MR) is 99.2 cm³/mol. The summed E-state index contributed by atoms with van der Waals surface area (Å²) in [7, 11) is 2.45. The molecule has 0 unspecified atom stereocenters. The summed E-state index contributed by atoms with van der Waals surface area (Å²) in [5, 5.41) is 0. The molecule has 1 aliphatic rings. The normalized spacial score (nSPS) is 14.0. The summed E-state index contributed by atoms with van der Waals surface area (Å²) in [5.41, 5.74) is 1.67. The minimum absolute atomic E-state index is 0.0170. The number of ether oxygens (including phenoxy) is 4. The molecule has 0 aromatic heterocycles. The van der Waals surface area contributed by atoms with E-state index in [1.54, 1.807) is 26.0 Å². The molecule has 0 N–H and O–H groups in total. The zero-order valence-electron chi connectivity index (χ0n) is 15.5. The first kappa shape index (κ1) is 20.9. The number of carbonyl (C=O) groups excluding carboxylic acids is 3. The highest BCUT2D eigenvalue weighted by Gasteiger charge is 2.34. The maximum atomic E-state index is 12.4. The van der Waals surface area contributed by atoms with Gasteiger partial charge in [0, 0.05) is 4.47 Å². The van der Waals surface area contributed by atoms with Crippen LogP contribution in [0.25, 0.3) is 0 Å². The lowest BCUT2D eigenvalue weighted by Gasteiger charge is -2.33. The molecule has 146 valence electrons. The highest BCUT2D eigenvalue weighted by Crippen LogP contribution is 2.36. The van der Waals surface area contributed by atoms with E-state index in [9.17, 15) is 14.4 Å². The van der Waals surface area contributed by atoms with E-state index in [-0.39, 0.29) is 31.2 Å². The lowest BCUT2D eigenvalue weighted by Crippen LogP contribution is -2.39. The van der Waals surface area contributed by atoms with Crippen molar-refractivity contribution < 1.29 is 33.3 Å². The van der Waals surface area contributed by atoms with Gasteiger partial charge < -0.3 is 23.8 Å². The van der Waals surface area contributed by atoms with E-state index in [1.165, 1.54) is 19.1 Å². The van der Waals surface area contributed by atoms with Gasteiger partial charge in [-0.15, -0.1) is 0 Å². The van der Waals surface area contributed by atoms with Crippen molar-refractivity contribution in [2.75, 3.05) is 39.1 Å². The van der Waals surface area contributed by atoms with E-state index >= 15 is 0 Å². The molecule has 0 amide bonds. The minimum atomic E-state index is -0.695. The Morgan fingerprint density at radius 3 is 2.37 bits per heavy atom. The van der Waals surface area contributed by atoms with Crippen molar-refractivity contribution in [2.45, 2.75) is 13.8 Å². The molecule has 0 bridgehead atoms. The van der Waals surface area contributed by atoms with Gasteiger partial charge in [-0.3, -0.25) is 0 Å². The molecular formula is C18H20BrNO7. The van der Waals surface area contributed by atoms with Crippen LogP contribution in [0.5, 0.6) is 0 Å². The molecule has 0 atom stereocenters. The second-order valence-electron chi connectivity index (χ2n) is 5.56. The van der Waals surface area contributed by atoms with Crippen LogP contribution in [0.1, 0.15) is 22.8 Å². The molecular weight excluding hydrogens is 422 g/mol. The van der Waals surface area contributed by atoms with Crippen LogP contribution in [0.15, 0.2) is 27.9 Å².